The highest BCUT2D eigenvalue weighted by atomic mass is 19.4. The lowest BCUT2D eigenvalue weighted by molar-refractivity contribution is -0.138. The molecular weight excluding hydrogens is 263 g/mol. The third-order valence-corrected chi connectivity index (χ3v) is 3.25. The van der Waals surface area contributed by atoms with E-state index in [9.17, 15) is 13.2 Å². The summed E-state index contributed by atoms with van der Waals surface area (Å²) in [7, 11) is 0. The van der Waals surface area contributed by atoms with Crippen LogP contribution in [0, 0.1) is 6.92 Å². The number of alkyl halides is 3. The van der Waals surface area contributed by atoms with E-state index in [2.05, 4.69) is 5.32 Å². The average molecular weight is 279 g/mol. The standard InChI is InChI=1S/C16H16F3N/c1-11-7-3-6-10-15(11)20-12(2)13-8-4-5-9-14(13)16(17,18)19/h3-10,12,20H,1-2H3. The summed E-state index contributed by atoms with van der Waals surface area (Å²) < 4.78 is 39.0. The smallest absolute Gasteiger partial charge is 0.378 e. The van der Waals surface area contributed by atoms with Crippen molar-refractivity contribution in [3.05, 3.63) is 65.2 Å². The SMILES string of the molecule is Cc1ccccc1NC(C)c1ccccc1C(F)(F)F. The lowest BCUT2D eigenvalue weighted by Crippen LogP contribution is -2.15. The van der Waals surface area contributed by atoms with Crippen molar-refractivity contribution < 1.29 is 13.2 Å². The summed E-state index contributed by atoms with van der Waals surface area (Å²) in [5.41, 5.74) is 1.51. The Kier molecular flexibility index (Phi) is 4.02. The van der Waals surface area contributed by atoms with Crippen LogP contribution in [-0.2, 0) is 6.18 Å². The Morgan fingerprint density at radius 1 is 0.950 bits per heavy atom. The molecule has 2 aromatic carbocycles. The van der Waals surface area contributed by atoms with Crippen molar-refractivity contribution in [2.75, 3.05) is 5.32 Å². The maximum Gasteiger partial charge on any atom is 0.416 e. The number of hydrogen-bond donors (Lipinski definition) is 1. The van der Waals surface area contributed by atoms with Gasteiger partial charge in [0.15, 0.2) is 0 Å². The number of hydrogen-bond acceptors (Lipinski definition) is 1. The Morgan fingerprint density at radius 2 is 1.55 bits per heavy atom. The maximum absolute atomic E-state index is 13.0. The molecule has 4 heteroatoms. The molecule has 1 nitrogen and oxygen atoms in total. The van der Waals surface area contributed by atoms with Crippen LogP contribution in [0.5, 0.6) is 0 Å². The van der Waals surface area contributed by atoms with Gasteiger partial charge in [-0.15, -0.1) is 0 Å². The van der Waals surface area contributed by atoms with E-state index in [0.717, 1.165) is 17.3 Å². The minimum absolute atomic E-state index is 0.253. The zero-order valence-corrected chi connectivity index (χ0v) is 11.3. The molecule has 0 saturated heterocycles. The summed E-state index contributed by atoms with van der Waals surface area (Å²) in [6.45, 7) is 3.65. The lowest BCUT2D eigenvalue weighted by atomic mass is 10.0. The summed E-state index contributed by atoms with van der Waals surface area (Å²) in [6, 6.07) is 12.8. The first-order chi connectivity index (χ1) is 9.39. The molecule has 0 bridgehead atoms. The topological polar surface area (TPSA) is 12.0 Å². The highest BCUT2D eigenvalue weighted by molar-refractivity contribution is 5.52. The molecule has 0 amide bonds. The van der Waals surface area contributed by atoms with Crippen LogP contribution in [-0.4, -0.2) is 0 Å². The van der Waals surface area contributed by atoms with Crippen molar-refractivity contribution in [3.63, 3.8) is 0 Å². The maximum atomic E-state index is 13.0. The molecule has 0 radical (unpaired) electrons. The van der Waals surface area contributed by atoms with Gasteiger partial charge in [0.2, 0.25) is 0 Å². The quantitative estimate of drug-likeness (QED) is 0.815. The normalized spacial score (nSPS) is 13.1. The number of halogens is 3. The second kappa shape index (κ2) is 5.57. The van der Waals surface area contributed by atoms with Crippen LogP contribution in [0.15, 0.2) is 48.5 Å². The first kappa shape index (κ1) is 14.4. The molecular formula is C16H16F3N. The van der Waals surface area contributed by atoms with Crippen LogP contribution in [0.1, 0.15) is 29.7 Å². The zero-order valence-electron chi connectivity index (χ0n) is 11.3. The Labute approximate surface area is 116 Å². The Balaban J connectivity index is 2.31. The van der Waals surface area contributed by atoms with E-state index in [4.69, 9.17) is 0 Å². The molecule has 2 aromatic rings. The number of aryl methyl sites for hydroxylation is 1. The first-order valence-electron chi connectivity index (χ1n) is 6.38. The molecule has 0 spiro atoms. The van der Waals surface area contributed by atoms with Crippen LogP contribution in [0.2, 0.25) is 0 Å². The molecule has 106 valence electrons. The summed E-state index contributed by atoms with van der Waals surface area (Å²) in [6.07, 6.45) is -4.34. The molecule has 1 unspecified atom stereocenters. The van der Waals surface area contributed by atoms with Crippen molar-refractivity contribution in [1.82, 2.24) is 0 Å². The van der Waals surface area contributed by atoms with Crippen LogP contribution < -0.4 is 5.32 Å². The van der Waals surface area contributed by atoms with Gasteiger partial charge in [0, 0.05) is 11.7 Å². The summed E-state index contributed by atoms with van der Waals surface area (Å²) in [4.78, 5) is 0. The van der Waals surface area contributed by atoms with E-state index >= 15 is 0 Å². The second-order valence-corrected chi connectivity index (χ2v) is 4.77. The van der Waals surface area contributed by atoms with Gasteiger partial charge < -0.3 is 5.32 Å². The van der Waals surface area contributed by atoms with Crippen molar-refractivity contribution in [2.45, 2.75) is 26.1 Å². The third-order valence-electron chi connectivity index (χ3n) is 3.25. The van der Waals surface area contributed by atoms with E-state index in [1.165, 1.54) is 12.1 Å². The highest BCUT2D eigenvalue weighted by Gasteiger charge is 2.34. The first-order valence-corrected chi connectivity index (χ1v) is 6.38. The van der Waals surface area contributed by atoms with Gasteiger partial charge in [0.1, 0.15) is 0 Å². The van der Waals surface area contributed by atoms with E-state index in [1.807, 2.05) is 31.2 Å². The molecule has 0 aliphatic carbocycles. The summed E-state index contributed by atoms with van der Waals surface area (Å²) in [5.74, 6) is 0. The van der Waals surface area contributed by atoms with Gasteiger partial charge in [-0.25, -0.2) is 0 Å². The van der Waals surface area contributed by atoms with Crippen molar-refractivity contribution in [1.29, 1.82) is 0 Å². The molecule has 1 atom stereocenters. The van der Waals surface area contributed by atoms with Crippen molar-refractivity contribution >= 4 is 5.69 Å². The third kappa shape index (κ3) is 3.13. The minimum atomic E-state index is -4.34. The van der Waals surface area contributed by atoms with Gasteiger partial charge >= 0.3 is 6.18 Å². The summed E-state index contributed by atoms with van der Waals surface area (Å²) >= 11 is 0. The number of benzene rings is 2. The average Bonchev–Trinajstić information content (AvgIpc) is 2.40. The minimum Gasteiger partial charge on any atom is -0.378 e. The predicted molar refractivity (Wildman–Crippen MR) is 74.7 cm³/mol. The Hall–Kier alpha value is -1.97. The lowest BCUT2D eigenvalue weighted by Gasteiger charge is -2.21. The number of para-hydroxylation sites is 1. The second-order valence-electron chi connectivity index (χ2n) is 4.77. The summed E-state index contributed by atoms with van der Waals surface area (Å²) in [5, 5.41) is 3.14. The fourth-order valence-electron chi connectivity index (χ4n) is 2.18. The fraction of sp³-hybridized carbons (Fsp3) is 0.250. The van der Waals surface area contributed by atoms with Crippen molar-refractivity contribution in [2.24, 2.45) is 0 Å². The molecule has 0 aliphatic rings. The van der Waals surface area contributed by atoms with E-state index in [1.54, 1.807) is 13.0 Å². The predicted octanol–water partition coefficient (Wildman–Crippen LogP) is 5.19. The Morgan fingerprint density at radius 3 is 2.20 bits per heavy atom. The molecule has 0 saturated carbocycles. The van der Waals surface area contributed by atoms with Gasteiger partial charge in [0.25, 0.3) is 0 Å². The molecule has 0 aromatic heterocycles. The van der Waals surface area contributed by atoms with Crippen LogP contribution >= 0.6 is 0 Å². The van der Waals surface area contributed by atoms with Crippen LogP contribution in [0.3, 0.4) is 0 Å². The highest BCUT2D eigenvalue weighted by Crippen LogP contribution is 2.35. The molecule has 1 N–H and O–H groups in total. The molecule has 0 aliphatic heterocycles. The Bertz CT molecular complexity index is 590. The van der Waals surface area contributed by atoms with Crippen molar-refractivity contribution in [3.8, 4) is 0 Å². The van der Waals surface area contributed by atoms with Gasteiger partial charge in [-0.3, -0.25) is 0 Å². The monoisotopic (exact) mass is 279 g/mol. The number of nitrogens with one attached hydrogen (secondary N) is 1. The number of anilines is 1. The molecule has 20 heavy (non-hydrogen) atoms. The van der Waals surface area contributed by atoms with Gasteiger partial charge in [-0.1, -0.05) is 36.4 Å². The number of rotatable bonds is 3. The van der Waals surface area contributed by atoms with E-state index < -0.39 is 17.8 Å². The zero-order chi connectivity index (χ0) is 14.8. The van der Waals surface area contributed by atoms with Crippen LogP contribution in [0.4, 0.5) is 18.9 Å². The molecule has 2 rings (SSSR count). The van der Waals surface area contributed by atoms with Crippen LogP contribution in [0.25, 0.3) is 0 Å². The van der Waals surface area contributed by atoms with Gasteiger partial charge in [-0.2, -0.15) is 13.2 Å². The van der Waals surface area contributed by atoms with Gasteiger partial charge in [-0.05, 0) is 37.1 Å². The van der Waals surface area contributed by atoms with E-state index in [-0.39, 0.29) is 5.56 Å². The molecule has 0 heterocycles. The van der Waals surface area contributed by atoms with Gasteiger partial charge in [0.05, 0.1) is 5.56 Å². The van der Waals surface area contributed by atoms with E-state index in [0.29, 0.717) is 0 Å². The fourth-order valence-corrected chi connectivity index (χ4v) is 2.18. The molecule has 0 fully saturated rings. The largest absolute Gasteiger partial charge is 0.416 e.